The molecule has 4 nitrogen and oxygen atoms in total. The summed E-state index contributed by atoms with van der Waals surface area (Å²) in [4.78, 5) is 0. The summed E-state index contributed by atoms with van der Waals surface area (Å²) in [6.07, 6.45) is 0.959. The van der Waals surface area contributed by atoms with E-state index in [1.165, 1.54) is 6.07 Å². The van der Waals surface area contributed by atoms with Crippen molar-refractivity contribution < 1.29 is 14.9 Å². The van der Waals surface area contributed by atoms with Gasteiger partial charge in [0.2, 0.25) is 0 Å². The third-order valence-electron chi connectivity index (χ3n) is 2.07. The zero-order valence-electron chi connectivity index (χ0n) is 8.86. The van der Waals surface area contributed by atoms with Crippen LogP contribution in [0.3, 0.4) is 0 Å². The van der Waals surface area contributed by atoms with Crippen LogP contribution in [0.4, 0.5) is 0 Å². The second-order valence-electron chi connectivity index (χ2n) is 3.35. The van der Waals surface area contributed by atoms with Gasteiger partial charge in [0.25, 0.3) is 0 Å². The molecule has 0 radical (unpaired) electrons. The number of methoxy groups -OCH3 is 1. The van der Waals surface area contributed by atoms with Gasteiger partial charge in [0.15, 0.2) is 11.5 Å². The van der Waals surface area contributed by atoms with Crippen molar-refractivity contribution >= 4 is 0 Å². The van der Waals surface area contributed by atoms with Crippen LogP contribution in [0.1, 0.15) is 12.0 Å². The quantitative estimate of drug-likeness (QED) is 0.489. The fourth-order valence-electron chi connectivity index (χ4n) is 1.25. The van der Waals surface area contributed by atoms with E-state index in [0.717, 1.165) is 25.1 Å². The van der Waals surface area contributed by atoms with Gasteiger partial charge >= 0.3 is 0 Å². The van der Waals surface area contributed by atoms with Crippen molar-refractivity contribution in [1.29, 1.82) is 0 Å². The number of ether oxygens (including phenoxy) is 1. The molecular formula is C11H17NO3. The maximum absolute atomic E-state index is 9.24. The second-order valence-corrected chi connectivity index (χ2v) is 3.35. The molecule has 0 saturated heterocycles. The van der Waals surface area contributed by atoms with E-state index in [0.29, 0.717) is 6.54 Å². The van der Waals surface area contributed by atoms with E-state index in [9.17, 15) is 5.11 Å². The summed E-state index contributed by atoms with van der Waals surface area (Å²) >= 11 is 0. The fraction of sp³-hybridized carbons (Fsp3) is 0.455. The number of nitrogens with one attached hydrogen (secondary N) is 1. The Morgan fingerprint density at radius 1 is 1.27 bits per heavy atom. The van der Waals surface area contributed by atoms with Gasteiger partial charge in [-0.05, 0) is 30.7 Å². The summed E-state index contributed by atoms with van der Waals surface area (Å²) in [7, 11) is 1.68. The molecule has 1 aromatic rings. The third-order valence-corrected chi connectivity index (χ3v) is 2.07. The molecule has 0 fully saturated rings. The first-order valence-electron chi connectivity index (χ1n) is 4.94. The maximum Gasteiger partial charge on any atom is 0.157 e. The number of rotatable bonds is 6. The van der Waals surface area contributed by atoms with Crippen LogP contribution in [0.25, 0.3) is 0 Å². The van der Waals surface area contributed by atoms with Gasteiger partial charge in [0.1, 0.15) is 0 Å². The fourth-order valence-corrected chi connectivity index (χ4v) is 1.25. The Labute approximate surface area is 89.5 Å². The zero-order valence-corrected chi connectivity index (χ0v) is 8.86. The van der Waals surface area contributed by atoms with Crippen LogP contribution in [0.5, 0.6) is 11.5 Å². The van der Waals surface area contributed by atoms with Crippen molar-refractivity contribution in [3.05, 3.63) is 23.8 Å². The summed E-state index contributed by atoms with van der Waals surface area (Å²) in [5.74, 6) is -0.163. The predicted molar refractivity (Wildman–Crippen MR) is 58.0 cm³/mol. The molecule has 1 rings (SSSR count). The molecule has 1 aromatic carbocycles. The summed E-state index contributed by atoms with van der Waals surface area (Å²) in [5.41, 5.74) is 0.947. The van der Waals surface area contributed by atoms with E-state index in [2.05, 4.69) is 5.32 Å². The number of hydrogen-bond acceptors (Lipinski definition) is 4. The van der Waals surface area contributed by atoms with Crippen LogP contribution >= 0.6 is 0 Å². The second kappa shape index (κ2) is 6.27. The Kier molecular flexibility index (Phi) is 4.93. The highest BCUT2D eigenvalue weighted by atomic mass is 16.5. The molecule has 0 aromatic heterocycles. The Morgan fingerprint density at radius 3 is 2.73 bits per heavy atom. The van der Waals surface area contributed by atoms with Crippen LogP contribution in [0, 0.1) is 0 Å². The Balaban J connectivity index is 2.28. The van der Waals surface area contributed by atoms with Crippen molar-refractivity contribution in [1.82, 2.24) is 5.32 Å². The first-order chi connectivity index (χ1) is 7.24. The van der Waals surface area contributed by atoms with Crippen molar-refractivity contribution in [2.75, 3.05) is 20.3 Å². The van der Waals surface area contributed by atoms with Gasteiger partial charge in [0, 0.05) is 20.3 Å². The maximum atomic E-state index is 9.24. The number of phenols is 2. The van der Waals surface area contributed by atoms with Gasteiger partial charge in [-0.3, -0.25) is 0 Å². The number of hydrogen-bond donors (Lipinski definition) is 3. The minimum Gasteiger partial charge on any atom is -0.504 e. The highest BCUT2D eigenvalue weighted by Gasteiger charge is 1.99. The molecule has 84 valence electrons. The summed E-state index contributed by atoms with van der Waals surface area (Å²) < 4.78 is 4.92. The predicted octanol–water partition coefficient (Wildman–Crippen LogP) is 1.22. The Morgan fingerprint density at radius 2 is 2.07 bits per heavy atom. The number of aromatic hydroxyl groups is 2. The lowest BCUT2D eigenvalue weighted by Gasteiger charge is -2.05. The van der Waals surface area contributed by atoms with Gasteiger partial charge in [-0.25, -0.2) is 0 Å². The molecule has 0 aliphatic rings. The van der Waals surface area contributed by atoms with E-state index < -0.39 is 0 Å². The lowest BCUT2D eigenvalue weighted by molar-refractivity contribution is 0.194. The lowest BCUT2D eigenvalue weighted by atomic mass is 10.2. The topological polar surface area (TPSA) is 61.7 Å². The minimum atomic E-state index is -0.0851. The zero-order chi connectivity index (χ0) is 11.1. The molecule has 4 heteroatoms. The van der Waals surface area contributed by atoms with E-state index in [-0.39, 0.29) is 11.5 Å². The minimum absolute atomic E-state index is 0.0776. The molecule has 0 unspecified atom stereocenters. The van der Waals surface area contributed by atoms with Crippen molar-refractivity contribution in [2.24, 2.45) is 0 Å². The third kappa shape index (κ3) is 4.18. The first-order valence-corrected chi connectivity index (χ1v) is 4.94. The summed E-state index contributed by atoms with van der Waals surface area (Å²) in [6.45, 7) is 2.29. The molecule has 0 spiro atoms. The van der Waals surface area contributed by atoms with Gasteiger partial charge in [-0.1, -0.05) is 6.07 Å². The molecule has 15 heavy (non-hydrogen) atoms. The molecule has 0 atom stereocenters. The highest BCUT2D eigenvalue weighted by Crippen LogP contribution is 2.24. The lowest BCUT2D eigenvalue weighted by Crippen LogP contribution is -2.15. The molecule has 0 bridgehead atoms. The molecule has 0 aliphatic heterocycles. The molecule has 3 N–H and O–H groups in total. The average Bonchev–Trinajstić information content (AvgIpc) is 2.23. The molecular weight excluding hydrogens is 194 g/mol. The average molecular weight is 211 g/mol. The van der Waals surface area contributed by atoms with Gasteiger partial charge < -0.3 is 20.3 Å². The molecule has 0 aliphatic carbocycles. The van der Waals surface area contributed by atoms with Crippen LogP contribution < -0.4 is 5.32 Å². The van der Waals surface area contributed by atoms with Crippen molar-refractivity contribution in [3.63, 3.8) is 0 Å². The van der Waals surface area contributed by atoms with Gasteiger partial charge in [-0.15, -0.1) is 0 Å². The van der Waals surface area contributed by atoms with Gasteiger partial charge in [0.05, 0.1) is 0 Å². The van der Waals surface area contributed by atoms with E-state index in [1.54, 1.807) is 19.2 Å². The number of benzene rings is 1. The molecule has 0 saturated carbocycles. The Hall–Kier alpha value is -1.26. The van der Waals surface area contributed by atoms with E-state index in [1.807, 2.05) is 0 Å². The SMILES string of the molecule is COCCCNCc1ccc(O)c(O)c1. The Bertz CT molecular complexity index is 302. The van der Waals surface area contributed by atoms with Crippen LogP contribution in [0.15, 0.2) is 18.2 Å². The highest BCUT2D eigenvalue weighted by molar-refractivity contribution is 5.40. The standard InChI is InChI=1S/C11H17NO3/c1-15-6-2-5-12-8-9-3-4-10(13)11(14)7-9/h3-4,7,12-14H,2,5-6,8H2,1H3. The monoisotopic (exact) mass is 211 g/mol. The normalized spacial score (nSPS) is 10.5. The van der Waals surface area contributed by atoms with Crippen molar-refractivity contribution in [2.45, 2.75) is 13.0 Å². The smallest absolute Gasteiger partial charge is 0.157 e. The van der Waals surface area contributed by atoms with Crippen LogP contribution in [-0.4, -0.2) is 30.5 Å². The first kappa shape index (κ1) is 11.8. The van der Waals surface area contributed by atoms with Crippen LogP contribution in [0.2, 0.25) is 0 Å². The summed E-state index contributed by atoms with van der Waals surface area (Å²) in [6, 6.07) is 4.82. The molecule has 0 amide bonds. The van der Waals surface area contributed by atoms with E-state index in [4.69, 9.17) is 9.84 Å². The summed E-state index contributed by atoms with van der Waals surface area (Å²) in [5, 5.41) is 21.6. The number of phenolic OH excluding ortho intramolecular Hbond substituents is 2. The van der Waals surface area contributed by atoms with Gasteiger partial charge in [-0.2, -0.15) is 0 Å². The van der Waals surface area contributed by atoms with Crippen LogP contribution in [-0.2, 0) is 11.3 Å². The largest absolute Gasteiger partial charge is 0.504 e. The van der Waals surface area contributed by atoms with E-state index >= 15 is 0 Å². The molecule has 0 heterocycles. The van der Waals surface area contributed by atoms with Crippen molar-refractivity contribution in [3.8, 4) is 11.5 Å².